The van der Waals surface area contributed by atoms with E-state index in [1.54, 1.807) is 13.8 Å². The van der Waals surface area contributed by atoms with Gasteiger partial charge in [-0.25, -0.2) is 9.59 Å². The Morgan fingerprint density at radius 1 is 1.38 bits per heavy atom. The molecule has 0 fully saturated rings. The standard InChI is InChI=1S/C13H16N2O5S/c1-4-20-12(18)9-7(2)8-10(17)15(5-6-16)13(19)14(3)11(8)21-9/h16H,4-6H2,1-3H3. The maximum absolute atomic E-state index is 12.4. The minimum Gasteiger partial charge on any atom is -0.462 e. The van der Waals surface area contributed by atoms with E-state index in [0.717, 1.165) is 15.9 Å². The molecule has 2 aromatic heterocycles. The molecule has 7 nitrogen and oxygen atoms in total. The van der Waals surface area contributed by atoms with Gasteiger partial charge in [-0.3, -0.25) is 13.9 Å². The molecule has 0 aliphatic carbocycles. The number of rotatable bonds is 4. The van der Waals surface area contributed by atoms with Crippen molar-refractivity contribution in [2.24, 2.45) is 7.05 Å². The van der Waals surface area contributed by atoms with Gasteiger partial charge in [-0.15, -0.1) is 11.3 Å². The van der Waals surface area contributed by atoms with E-state index in [9.17, 15) is 14.4 Å². The summed E-state index contributed by atoms with van der Waals surface area (Å²) in [4.78, 5) is 37.2. The van der Waals surface area contributed by atoms with Crippen molar-refractivity contribution < 1.29 is 14.6 Å². The summed E-state index contributed by atoms with van der Waals surface area (Å²) in [5.41, 5.74) is -0.509. The van der Waals surface area contributed by atoms with Crippen LogP contribution in [0.25, 0.3) is 10.2 Å². The summed E-state index contributed by atoms with van der Waals surface area (Å²) >= 11 is 1.07. The number of ether oxygens (including phenoxy) is 1. The van der Waals surface area contributed by atoms with Crippen molar-refractivity contribution in [3.8, 4) is 0 Å². The molecule has 1 N–H and O–H groups in total. The van der Waals surface area contributed by atoms with Crippen LogP contribution in [0.1, 0.15) is 22.2 Å². The lowest BCUT2D eigenvalue weighted by Crippen LogP contribution is -2.39. The molecule has 0 spiro atoms. The van der Waals surface area contributed by atoms with Gasteiger partial charge < -0.3 is 9.84 Å². The smallest absolute Gasteiger partial charge is 0.348 e. The first-order chi connectivity index (χ1) is 9.93. The van der Waals surface area contributed by atoms with Crippen molar-refractivity contribution in [2.75, 3.05) is 13.2 Å². The number of carbonyl (C=O) groups is 1. The number of aliphatic hydroxyl groups is 1. The Labute approximate surface area is 124 Å². The number of thiophene rings is 1. The lowest BCUT2D eigenvalue weighted by Gasteiger charge is -2.06. The van der Waals surface area contributed by atoms with Crippen LogP contribution >= 0.6 is 11.3 Å². The van der Waals surface area contributed by atoms with Crippen LogP contribution in [0.3, 0.4) is 0 Å². The highest BCUT2D eigenvalue weighted by Crippen LogP contribution is 2.27. The van der Waals surface area contributed by atoms with Crippen LogP contribution in [-0.4, -0.2) is 33.4 Å². The van der Waals surface area contributed by atoms with E-state index in [1.807, 2.05) is 0 Å². The van der Waals surface area contributed by atoms with Crippen molar-refractivity contribution >= 4 is 27.5 Å². The highest BCUT2D eigenvalue weighted by atomic mass is 32.1. The maximum Gasteiger partial charge on any atom is 0.348 e. The Kier molecular flexibility index (Phi) is 4.29. The zero-order valence-electron chi connectivity index (χ0n) is 12.0. The third-order valence-electron chi connectivity index (χ3n) is 3.19. The van der Waals surface area contributed by atoms with Gasteiger partial charge in [0, 0.05) is 7.05 Å². The quantitative estimate of drug-likeness (QED) is 0.817. The van der Waals surface area contributed by atoms with E-state index in [-0.39, 0.29) is 19.8 Å². The molecule has 2 heterocycles. The predicted molar refractivity (Wildman–Crippen MR) is 79.1 cm³/mol. The Bertz CT molecular complexity index is 815. The molecule has 0 aliphatic heterocycles. The minimum absolute atomic E-state index is 0.0779. The number of fused-ring (bicyclic) bond motifs is 1. The summed E-state index contributed by atoms with van der Waals surface area (Å²) in [7, 11) is 1.53. The molecule has 21 heavy (non-hydrogen) atoms. The zero-order valence-corrected chi connectivity index (χ0v) is 12.8. The predicted octanol–water partition coefficient (Wildman–Crippen LogP) is 0.239. The van der Waals surface area contributed by atoms with Crippen molar-refractivity contribution in [2.45, 2.75) is 20.4 Å². The van der Waals surface area contributed by atoms with Gasteiger partial charge in [-0.1, -0.05) is 0 Å². The van der Waals surface area contributed by atoms with Crippen LogP contribution in [0.5, 0.6) is 0 Å². The molecular weight excluding hydrogens is 296 g/mol. The largest absolute Gasteiger partial charge is 0.462 e. The molecule has 2 aromatic rings. The number of nitrogens with zero attached hydrogens (tertiary/aromatic N) is 2. The highest BCUT2D eigenvalue weighted by Gasteiger charge is 2.22. The second-order valence-electron chi connectivity index (χ2n) is 4.48. The topological polar surface area (TPSA) is 90.5 Å². The van der Waals surface area contributed by atoms with Gasteiger partial charge in [0.05, 0.1) is 25.1 Å². The number of esters is 1. The van der Waals surface area contributed by atoms with Gasteiger partial charge in [-0.05, 0) is 19.4 Å². The van der Waals surface area contributed by atoms with Gasteiger partial charge in [-0.2, -0.15) is 0 Å². The highest BCUT2D eigenvalue weighted by molar-refractivity contribution is 7.20. The molecule has 0 unspecified atom stereocenters. The number of hydrogen-bond donors (Lipinski definition) is 1. The molecule has 0 aromatic carbocycles. The maximum atomic E-state index is 12.4. The average molecular weight is 312 g/mol. The number of aliphatic hydroxyl groups excluding tert-OH is 1. The number of carbonyl (C=O) groups excluding carboxylic acids is 1. The molecule has 0 aliphatic rings. The van der Waals surface area contributed by atoms with Gasteiger partial charge >= 0.3 is 11.7 Å². The van der Waals surface area contributed by atoms with Crippen LogP contribution in [0, 0.1) is 6.92 Å². The fourth-order valence-corrected chi connectivity index (χ4v) is 3.31. The van der Waals surface area contributed by atoms with Crippen molar-refractivity contribution in [1.29, 1.82) is 0 Å². The second-order valence-corrected chi connectivity index (χ2v) is 5.48. The van der Waals surface area contributed by atoms with Crippen molar-refractivity contribution in [3.63, 3.8) is 0 Å². The Morgan fingerprint density at radius 2 is 2.05 bits per heavy atom. The summed E-state index contributed by atoms with van der Waals surface area (Å²) in [5.74, 6) is -0.503. The van der Waals surface area contributed by atoms with E-state index >= 15 is 0 Å². The van der Waals surface area contributed by atoms with Crippen LogP contribution in [0.2, 0.25) is 0 Å². The summed E-state index contributed by atoms with van der Waals surface area (Å²) in [5, 5.41) is 9.30. The molecule has 0 bridgehead atoms. The average Bonchev–Trinajstić information content (AvgIpc) is 2.79. The first-order valence-corrected chi connectivity index (χ1v) is 7.26. The fourth-order valence-electron chi connectivity index (χ4n) is 2.16. The molecule has 2 rings (SSSR count). The first kappa shape index (κ1) is 15.5. The summed E-state index contributed by atoms with van der Waals surface area (Å²) < 4.78 is 7.24. The minimum atomic E-state index is -0.516. The molecule has 0 atom stereocenters. The van der Waals surface area contributed by atoms with Gasteiger partial charge in [0.15, 0.2) is 0 Å². The third kappa shape index (κ3) is 2.40. The first-order valence-electron chi connectivity index (χ1n) is 6.44. The normalized spacial score (nSPS) is 11.0. The van der Waals surface area contributed by atoms with E-state index in [1.165, 1.54) is 11.6 Å². The van der Waals surface area contributed by atoms with Crippen molar-refractivity contribution in [3.05, 3.63) is 31.3 Å². The Hall–Kier alpha value is -1.93. The molecule has 114 valence electrons. The van der Waals surface area contributed by atoms with Crippen LogP contribution < -0.4 is 11.2 Å². The fraction of sp³-hybridized carbons (Fsp3) is 0.462. The monoisotopic (exact) mass is 312 g/mol. The van der Waals surface area contributed by atoms with E-state index < -0.39 is 17.2 Å². The van der Waals surface area contributed by atoms with Crippen LogP contribution in [0.4, 0.5) is 0 Å². The Balaban J connectivity index is 2.83. The molecule has 8 heteroatoms. The molecule has 0 saturated carbocycles. The summed E-state index contributed by atoms with van der Waals surface area (Å²) in [6.45, 7) is 3.20. The van der Waals surface area contributed by atoms with Gasteiger partial charge in [0.1, 0.15) is 9.71 Å². The van der Waals surface area contributed by atoms with E-state index in [0.29, 0.717) is 20.7 Å². The Morgan fingerprint density at radius 3 is 2.62 bits per heavy atom. The summed E-state index contributed by atoms with van der Waals surface area (Å²) in [6, 6.07) is 0. The van der Waals surface area contributed by atoms with Gasteiger partial charge in [0.2, 0.25) is 0 Å². The molecule has 0 radical (unpaired) electrons. The number of aromatic nitrogens is 2. The van der Waals surface area contributed by atoms with Crippen LogP contribution in [0.15, 0.2) is 9.59 Å². The van der Waals surface area contributed by atoms with E-state index in [4.69, 9.17) is 9.84 Å². The SMILES string of the molecule is CCOC(=O)c1sc2c(c1C)c(=O)n(CCO)c(=O)n2C. The molecule has 0 amide bonds. The number of aryl methyl sites for hydroxylation is 2. The van der Waals surface area contributed by atoms with Gasteiger partial charge in [0.25, 0.3) is 5.56 Å². The molecule has 0 saturated heterocycles. The van der Waals surface area contributed by atoms with Crippen LogP contribution in [-0.2, 0) is 18.3 Å². The zero-order chi connectivity index (χ0) is 15.7. The second kappa shape index (κ2) is 5.82. The lowest BCUT2D eigenvalue weighted by molar-refractivity contribution is 0.0531. The lowest BCUT2D eigenvalue weighted by atomic mass is 10.2. The number of hydrogen-bond acceptors (Lipinski definition) is 6. The van der Waals surface area contributed by atoms with E-state index in [2.05, 4.69) is 0 Å². The van der Waals surface area contributed by atoms with Crippen molar-refractivity contribution in [1.82, 2.24) is 9.13 Å². The third-order valence-corrected chi connectivity index (χ3v) is 4.54. The molecular formula is C13H16N2O5S. The summed E-state index contributed by atoms with van der Waals surface area (Å²) in [6.07, 6.45) is 0.